The first kappa shape index (κ1) is 7.04. The highest BCUT2D eigenvalue weighted by Crippen LogP contribution is 1.91. The Morgan fingerprint density at radius 3 is 2.25 bits per heavy atom. The van der Waals surface area contributed by atoms with E-state index in [9.17, 15) is 0 Å². The highest BCUT2D eigenvalue weighted by Gasteiger charge is 1.75. The summed E-state index contributed by atoms with van der Waals surface area (Å²) in [5, 5.41) is 0. The van der Waals surface area contributed by atoms with E-state index in [4.69, 9.17) is 6.42 Å². The summed E-state index contributed by atoms with van der Waals surface area (Å²) >= 11 is 0. The first-order chi connectivity index (χ1) is 3.85. The summed E-state index contributed by atoms with van der Waals surface area (Å²) in [7, 11) is 0. The molecule has 0 radical (unpaired) electrons. The Labute approximate surface area is 50.9 Å². The molecule has 0 aromatic carbocycles. The van der Waals surface area contributed by atoms with Crippen LogP contribution in [0.2, 0.25) is 0 Å². The molecule has 0 aromatic rings. The highest BCUT2D eigenvalue weighted by atomic mass is 13.8. The van der Waals surface area contributed by atoms with E-state index in [0.717, 1.165) is 5.57 Å². The molecule has 0 aliphatic rings. The third-order valence-electron chi connectivity index (χ3n) is 0.824. The van der Waals surface area contributed by atoms with E-state index in [-0.39, 0.29) is 0 Å². The van der Waals surface area contributed by atoms with Gasteiger partial charge in [0.05, 0.1) is 0 Å². The first-order valence-corrected chi connectivity index (χ1v) is 2.60. The molecule has 0 nitrogen and oxygen atoms in total. The average Bonchev–Trinajstić information content (AvgIpc) is 1.83. The molecule has 0 saturated carbocycles. The molecule has 0 unspecified atom stereocenters. The quantitative estimate of drug-likeness (QED) is 0.355. The van der Waals surface area contributed by atoms with Crippen molar-refractivity contribution in [2.75, 3.05) is 0 Å². The summed E-state index contributed by atoms with van der Waals surface area (Å²) in [6, 6.07) is 0. The van der Waals surface area contributed by atoms with Crippen molar-refractivity contribution >= 4 is 0 Å². The van der Waals surface area contributed by atoms with Gasteiger partial charge in [0.1, 0.15) is 0 Å². The number of hydrogen-bond donors (Lipinski definition) is 0. The van der Waals surface area contributed by atoms with Crippen molar-refractivity contribution in [1.82, 2.24) is 0 Å². The largest absolute Gasteiger partial charge is 0.115 e. The van der Waals surface area contributed by atoms with Crippen LogP contribution < -0.4 is 0 Å². The number of terminal acetylenes is 1. The summed E-state index contributed by atoms with van der Waals surface area (Å²) < 4.78 is 0. The topological polar surface area (TPSA) is 0 Å². The Kier molecular flexibility index (Phi) is 3.70. The molecule has 0 saturated heterocycles. The second-order valence-electron chi connectivity index (χ2n) is 1.39. The number of rotatable bonds is 1. The molecule has 0 atom stereocenters. The summed E-state index contributed by atoms with van der Waals surface area (Å²) in [6.07, 6.45) is 10.8. The molecule has 42 valence electrons. The van der Waals surface area contributed by atoms with Crippen LogP contribution in [0.5, 0.6) is 0 Å². The maximum Gasteiger partial charge on any atom is 0.0196 e. The van der Waals surface area contributed by atoms with Crippen LogP contribution in [0.3, 0.4) is 0 Å². The molecule has 0 aliphatic carbocycles. The zero-order chi connectivity index (χ0) is 6.41. The molecule has 8 heavy (non-hydrogen) atoms. The lowest BCUT2D eigenvalue weighted by Gasteiger charge is -1.81. The van der Waals surface area contributed by atoms with Gasteiger partial charge in [0.15, 0.2) is 0 Å². The standard InChI is InChI=1S/C8H10/c1-4-7-8(5-2)6-3/h2,4,6-7H,1,3H3/b7-4-,8-6-. The van der Waals surface area contributed by atoms with Gasteiger partial charge in [-0.3, -0.25) is 0 Å². The van der Waals surface area contributed by atoms with Gasteiger partial charge in [0.25, 0.3) is 0 Å². The molecule has 0 aliphatic heterocycles. The molecule has 0 spiro atoms. The van der Waals surface area contributed by atoms with Crippen molar-refractivity contribution in [2.24, 2.45) is 0 Å². The van der Waals surface area contributed by atoms with E-state index in [0.29, 0.717) is 0 Å². The number of allylic oxidation sites excluding steroid dienone is 4. The molecule has 0 rings (SSSR count). The summed E-state index contributed by atoms with van der Waals surface area (Å²) in [5.74, 6) is 2.53. The minimum absolute atomic E-state index is 0.938. The number of hydrogen-bond acceptors (Lipinski definition) is 0. The third kappa shape index (κ3) is 2.25. The van der Waals surface area contributed by atoms with Gasteiger partial charge in [-0.1, -0.05) is 24.1 Å². The second-order valence-corrected chi connectivity index (χ2v) is 1.39. The maximum atomic E-state index is 5.10. The van der Waals surface area contributed by atoms with Crippen molar-refractivity contribution < 1.29 is 0 Å². The van der Waals surface area contributed by atoms with Crippen molar-refractivity contribution in [3.8, 4) is 12.3 Å². The lowest BCUT2D eigenvalue weighted by Crippen LogP contribution is -1.65. The molecule has 0 amide bonds. The molecule has 0 fully saturated rings. The molecule has 0 heteroatoms. The fraction of sp³-hybridized carbons (Fsp3) is 0.250. The smallest absolute Gasteiger partial charge is 0.0196 e. The minimum Gasteiger partial charge on any atom is -0.115 e. The van der Waals surface area contributed by atoms with E-state index >= 15 is 0 Å². The normalized spacial score (nSPS) is 11.9. The van der Waals surface area contributed by atoms with E-state index < -0.39 is 0 Å². The molecular weight excluding hydrogens is 96.1 g/mol. The molecule has 0 aromatic heterocycles. The Morgan fingerprint density at radius 2 is 2.12 bits per heavy atom. The first-order valence-electron chi connectivity index (χ1n) is 2.60. The van der Waals surface area contributed by atoms with E-state index in [1.807, 2.05) is 32.1 Å². The fourth-order valence-electron chi connectivity index (χ4n) is 0.407. The lowest BCUT2D eigenvalue weighted by atomic mass is 10.2. The zero-order valence-electron chi connectivity index (χ0n) is 5.31. The SMILES string of the molecule is C#CC(/C=C\C)=C/C. The molecule has 0 heterocycles. The van der Waals surface area contributed by atoms with Crippen LogP contribution in [0.1, 0.15) is 13.8 Å². The fourth-order valence-corrected chi connectivity index (χ4v) is 0.407. The van der Waals surface area contributed by atoms with Crippen LogP contribution in [0.25, 0.3) is 0 Å². The minimum atomic E-state index is 0.938. The van der Waals surface area contributed by atoms with Crippen LogP contribution in [-0.2, 0) is 0 Å². The van der Waals surface area contributed by atoms with Gasteiger partial charge in [-0.15, -0.1) is 6.42 Å². The van der Waals surface area contributed by atoms with Crippen molar-refractivity contribution in [1.29, 1.82) is 0 Å². The van der Waals surface area contributed by atoms with Gasteiger partial charge in [-0.2, -0.15) is 0 Å². The van der Waals surface area contributed by atoms with Crippen LogP contribution in [0.4, 0.5) is 0 Å². The third-order valence-corrected chi connectivity index (χ3v) is 0.824. The predicted octanol–water partition coefficient (Wildman–Crippen LogP) is 2.14. The highest BCUT2D eigenvalue weighted by molar-refractivity contribution is 5.34. The monoisotopic (exact) mass is 106 g/mol. The van der Waals surface area contributed by atoms with Crippen molar-refractivity contribution in [2.45, 2.75) is 13.8 Å². The zero-order valence-corrected chi connectivity index (χ0v) is 5.31. The summed E-state index contributed by atoms with van der Waals surface area (Å²) in [6.45, 7) is 3.87. The van der Waals surface area contributed by atoms with Crippen molar-refractivity contribution in [3.05, 3.63) is 23.8 Å². The molecule has 0 N–H and O–H groups in total. The summed E-state index contributed by atoms with van der Waals surface area (Å²) in [5.41, 5.74) is 0.938. The van der Waals surface area contributed by atoms with Gasteiger partial charge in [0.2, 0.25) is 0 Å². The van der Waals surface area contributed by atoms with Gasteiger partial charge in [-0.25, -0.2) is 0 Å². The average molecular weight is 106 g/mol. The lowest BCUT2D eigenvalue weighted by molar-refractivity contribution is 1.61. The Balaban J connectivity index is 3.98. The van der Waals surface area contributed by atoms with E-state index in [1.54, 1.807) is 0 Å². The van der Waals surface area contributed by atoms with Crippen molar-refractivity contribution in [3.63, 3.8) is 0 Å². The maximum absolute atomic E-state index is 5.10. The Morgan fingerprint density at radius 1 is 1.50 bits per heavy atom. The van der Waals surface area contributed by atoms with Crippen LogP contribution >= 0.6 is 0 Å². The molecular formula is C8H10. The van der Waals surface area contributed by atoms with Gasteiger partial charge < -0.3 is 0 Å². The Bertz CT molecular complexity index is 142. The van der Waals surface area contributed by atoms with E-state index in [2.05, 4.69) is 5.92 Å². The predicted molar refractivity (Wildman–Crippen MR) is 37.4 cm³/mol. The molecule has 0 bridgehead atoms. The van der Waals surface area contributed by atoms with Gasteiger partial charge >= 0.3 is 0 Å². The van der Waals surface area contributed by atoms with Crippen LogP contribution in [-0.4, -0.2) is 0 Å². The van der Waals surface area contributed by atoms with Gasteiger partial charge in [-0.05, 0) is 13.8 Å². The van der Waals surface area contributed by atoms with E-state index in [1.165, 1.54) is 0 Å². The second kappa shape index (κ2) is 4.21. The van der Waals surface area contributed by atoms with Crippen LogP contribution in [0.15, 0.2) is 23.8 Å². The van der Waals surface area contributed by atoms with Crippen LogP contribution in [0, 0.1) is 12.3 Å². The van der Waals surface area contributed by atoms with Gasteiger partial charge in [0, 0.05) is 5.57 Å². The summed E-state index contributed by atoms with van der Waals surface area (Å²) in [4.78, 5) is 0. The Hall–Kier alpha value is -0.960.